The third-order valence-corrected chi connectivity index (χ3v) is 3.57. The molecule has 3 rings (SSSR count). The van der Waals surface area contributed by atoms with E-state index in [0.29, 0.717) is 18.0 Å². The summed E-state index contributed by atoms with van der Waals surface area (Å²) in [4.78, 5) is 31.8. The normalized spacial score (nSPS) is 16.6. The summed E-state index contributed by atoms with van der Waals surface area (Å²) in [7, 11) is 0. The molecule has 0 aliphatic carbocycles. The van der Waals surface area contributed by atoms with Gasteiger partial charge >= 0.3 is 0 Å². The fourth-order valence-corrected chi connectivity index (χ4v) is 2.36. The molecule has 1 aliphatic rings. The van der Waals surface area contributed by atoms with Crippen LogP contribution in [0.3, 0.4) is 0 Å². The minimum Gasteiger partial charge on any atom is -0.382 e. The average molecular weight is 327 g/mol. The third kappa shape index (κ3) is 3.66. The van der Waals surface area contributed by atoms with Crippen LogP contribution < -0.4 is 16.4 Å². The van der Waals surface area contributed by atoms with Gasteiger partial charge in [0.25, 0.3) is 11.8 Å². The Balaban J connectivity index is 1.61. The van der Waals surface area contributed by atoms with Crippen LogP contribution in [0.1, 0.15) is 23.3 Å². The minimum atomic E-state index is -0.447. The number of carbonyl (C=O) groups excluding carboxylic acids is 2. The number of amides is 2. The number of rotatable bonds is 4. The van der Waals surface area contributed by atoms with Crippen LogP contribution in [0.5, 0.6) is 0 Å². The number of carbonyl (C=O) groups is 2. The summed E-state index contributed by atoms with van der Waals surface area (Å²) >= 11 is 0. The van der Waals surface area contributed by atoms with Crippen LogP contribution in [0.2, 0.25) is 0 Å². The number of anilines is 3. The van der Waals surface area contributed by atoms with Crippen LogP contribution in [0, 0.1) is 0 Å². The molecule has 1 saturated heterocycles. The van der Waals surface area contributed by atoms with Crippen LogP contribution in [0.25, 0.3) is 0 Å². The highest BCUT2D eigenvalue weighted by atomic mass is 16.5. The van der Waals surface area contributed by atoms with E-state index in [1.807, 2.05) is 0 Å². The lowest BCUT2D eigenvalue weighted by Crippen LogP contribution is -2.26. The van der Waals surface area contributed by atoms with Gasteiger partial charge in [-0.25, -0.2) is 9.97 Å². The van der Waals surface area contributed by atoms with Gasteiger partial charge in [0.05, 0.1) is 0 Å². The highest BCUT2D eigenvalue weighted by molar-refractivity contribution is 6.05. The smallest absolute Gasteiger partial charge is 0.278 e. The molecule has 0 spiro atoms. The number of nitrogens with one attached hydrogen (secondary N) is 2. The molecule has 124 valence electrons. The van der Waals surface area contributed by atoms with Crippen molar-refractivity contribution >= 4 is 29.0 Å². The Morgan fingerprint density at radius 2 is 1.75 bits per heavy atom. The quantitative estimate of drug-likeness (QED) is 0.781. The zero-order chi connectivity index (χ0) is 16.9. The summed E-state index contributed by atoms with van der Waals surface area (Å²) in [6.45, 7) is 0.620. The second kappa shape index (κ2) is 7.05. The van der Waals surface area contributed by atoms with Crippen molar-refractivity contribution < 1.29 is 14.3 Å². The first kappa shape index (κ1) is 15.9. The number of benzene rings is 1. The predicted octanol–water partition coefficient (Wildman–Crippen LogP) is 1.43. The van der Waals surface area contributed by atoms with E-state index >= 15 is 0 Å². The molecule has 4 N–H and O–H groups in total. The van der Waals surface area contributed by atoms with Gasteiger partial charge in [0.1, 0.15) is 6.10 Å². The Hall–Kier alpha value is -3.00. The van der Waals surface area contributed by atoms with Gasteiger partial charge in [-0.1, -0.05) is 0 Å². The Kier molecular flexibility index (Phi) is 4.66. The SMILES string of the molecule is Nc1nccnc1C(=O)Nc1ccc(NC(=O)[C@H]2CCCO2)cc1. The molecule has 1 fully saturated rings. The number of ether oxygens (including phenoxy) is 1. The molecule has 0 bridgehead atoms. The molecule has 2 heterocycles. The van der Waals surface area contributed by atoms with Gasteiger partial charge in [-0.15, -0.1) is 0 Å². The number of hydrogen-bond donors (Lipinski definition) is 3. The summed E-state index contributed by atoms with van der Waals surface area (Å²) < 4.78 is 5.33. The van der Waals surface area contributed by atoms with E-state index in [2.05, 4.69) is 20.6 Å². The average Bonchev–Trinajstić information content (AvgIpc) is 3.11. The van der Waals surface area contributed by atoms with E-state index in [1.54, 1.807) is 24.3 Å². The van der Waals surface area contributed by atoms with E-state index in [0.717, 1.165) is 12.8 Å². The molecular formula is C16H17N5O3. The monoisotopic (exact) mass is 327 g/mol. The van der Waals surface area contributed by atoms with Gasteiger partial charge in [-0.05, 0) is 37.1 Å². The van der Waals surface area contributed by atoms with Gasteiger partial charge in [-0.2, -0.15) is 0 Å². The molecule has 2 amide bonds. The second-order valence-electron chi connectivity index (χ2n) is 5.31. The lowest BCUT2D eigenvalue weighted by molar-refractivity contribution is -0.124. The molecule has 0 unspecified atom stereocenters. The van der Waals surface area contributed by atoms with Crippen molar-refractivity contribution in [3.8, 4) is 0 Å². The molecule has 0 radical (unpaired) electrons. The molecule has 1 aromatic carbocycles. The van der Waals surface area contributed by atoms with Crippen LogP contribution >= 0.6 is 0 Å². The van der Waals surface area contributed by atoms with Crippen LogP contribution in [-0.2, 0) is 9.53 Å². The maximum atomic E-state index is 12.1. The van der Waals surface area contributed by atoms with Gasteiger partial charge in [0.2, 0.25) is 0 Å². The zero-order valence-corrected chi connectivity index (χ0v) is 12.9. The maximum Gasteiger partial charge on any atom is 0.278 e. The van der Waals surface area contributed by atoms with Crippen LogP contribution in [0.15, 0.2) is 36.7 Å². The molecule has 8 nitrogen and oxygen atoms in total. The molecule has 8 heteroatoms. The van der Waals surface area contributed by atoms with Crippen molar-refractivity contribution in [3.05, 3.63) is 42.4 Å². The van der Waals surface area contributed by atoms with E-state index in [1.165, 1.54) is 12.4 Å². The number of nitrogens with two attached hydrogens (primary N) is 1. The Bertz CT molecular complexity index is 742. The van der Waals surface area contributed by atoms with Crippen molar-refractivity contribution in [1.29, 1.82) is 0 Å². The van der Waals surface area contributed by atoms with E-state index < -0.39 is 5.91 Å². The largest absolute Gasteiger partial charge is 0.382 e. The molecule has 1 aromatic heterocycles. The lowest BCUT2D eigenvalue weighted by Gasteiger charge is -2.11. The summed E-state index contributed by atoms with van der Waals surface area (Å²) in [5, 5.41) is 5.46. The second-order valence-corrected chi connectivity index (χ2v) is 5.31. The molecule has 1 aliphatic heterocycles. The Morgan fingerprint density at radius 1 is 1.08 bits per heavy atom. The van der Waals surface area contributed by atoms with Crippen LogP contribution in [-0.4, -0.2) is 34.5 Å². The fraction of sp³-hybridized carbons (Fsp3) is 0.250. The van der Waals surface area contributed by atoms with E-state index in [4.69, 9.17) is 10.5 Å². The number of aromatic nitrogens is 2. The summed E-state index contributed by atoms with van der Waals surface area (Å²) in [5.41, 5.74) is 6.87. The molecular weight excluding hydrogens is 310 g/mol. The van der Waals surface area contributed by atoms with Gasteiger partial charge < -0.3 is 21.1 Å². The molecule has 2 aromatic rings. The van der Waals surface area contributed by atoms with Gasteiger partial charge in [0, 0.05) is 30.4 Å². The maximum absolute atomic E-state index is 12.1. The minimum absolute atomic E-state index is 0.0632. The standard InChI is InChI=1S/C16H17N5O3/c17-14-13(18-7-8-19-14)16(23)21-11-5-3-10(4-6-11)20-15(22)12-2-1-9-24-12/h3-8,12H,1-2,9H2,(H2,17,19)(H,20,22)(H,21,23)/t12-/m1/s1. The Labute approximate surface area is 138 Å². The summed E-state index contributed by atoms with van der Waals surface area (Å²) in [5.74, 6) is -0.538. The van der Waals surface area contributed by atoms with Crippen molar-refractivity contribution in [2.45, 2.75) is 18.9 Å². The van der Waals surface area contributed by atoms with Crippen molar-refractivity contribution in [2.24, 2.45) is 0 Å². The van der Waals surface area contributed by atoms with E-state index in [9.17, 15) is 9.59 Å². The van der Waals surface area contributed by atoms with E-state index in [-0.39, 0.29) is 23.5 Å². The topological polar surface area (TPSA) is 119 Å². The summed E-state index contributed by atoms with van der Waals surface area (Å²) in [6, 6.07) is 6.75. The van der Waals surface area contributed by atoms with Crippen LogP contribution in [0.4, 0.5) is 17.2 Å². The van der Waals surface area contributed by atoms with Crippen molar-refractivity contribution in [3.63, 3.8) is 0 Å². The highest BCUT2D eigenvalue weighted by Crippen LogP contribution is 2.18. The first-order valence-corrected chi connectivity index (χ1v) is 7.54. The first-order valence-electron chi connectivity index (χ1n) is 7.54. The summed E-state index contributed by atoms with van der Waals surface area (Å²) in [6.07, 6.45) is 4.06. The molecule has 1 atom stereocenters. The van der Waals surface area contributed by atoms with Crippen molar-refractivity contribution in [1.82, 2.24) is 9.97 Å². The molecule has 0 saturated carbocycles. The van der Waals surface area contributed by atoms with Crippen molar-refractivity contribution in [2.75, 3.05) is 23.0 Å². The first-order chi connectivity index (χ1) is 11.6. The number of hydrogen-bond acceptors (Lipinski definition) is 6. The highest BCUT2D eigenvalue weighted by Gasteiger charge is 2.23. The predicted molar refractivity (Wildman–Crippen MR) is 88.4 cm³/mol. The number of nitrogen functional groups attached to an aromatic ring is 1. The lowest BCUT2D eigenvalue weighted by atomic mass is 10.2. The third-order valence-electron chi connectivity index (χ3n) is 3.57. The fourth-order valence-electron chi connectivity index (χ4n) is 2.36. The Morgan fingerprint density at radius 3 is 2.38 bits per heavy atom. The van der Waals surface area contributed by atoms with Gasteiger partial charge in [0.15, 0.2) is 11.5 Å². The zero-order valence-electron chi connectivity index (χ0n) is 12.9. The number of nitrogens with zero attached hydrogens (tertiary/aromatic N) is 2. The molecule has 24 heavy (non-hydrogen) atoms. The van der Waals surface area contributed by atoms with Gasteiger partial charge in [-0.3, -0.25) is 9.59 Å².